The minimum atomic E-state index is -2.47. The van der Waals surface area contributed by atoms with Gasteiger partial charge in [0.15, 0.2) is 0 Å². The van der Waals surface area contributed by atoms with Crippen molar-refractivity contribution in [3.63, 3.8) is 0 Å². The van der Waals surface area contributed by atoms with Gasteiger partial charge in [-0.2, -0.15) is 0 Å². The second-order valence-corrected chi connectivity index (χ2v) is 12.0. The molecule has 0 N–H and O–H groups in total. The Balaban J connectivity index is 3.17. The second kappa shape index (κ2) is 5.36. The summed E-state index contributed by atoms with van der Waals surface area (Å²) in [6, 6.07) is 10.1. The summed E-state index contributed by atoms with van der Waals surface area (Å²) >= 11 is -2.47. The fraction of sp³-hybridized carbons (Fsp3) is 0.417. The topological polar surface area (TPSA) is 26.3 Å². The Morgan fingerprint density at radius 2 is 1.73 bits per heavy atom. The summed E-state index contributed by atoms with van der Waals surface area (Å²) in [6.07, 6.45) is 0. The summed E-state index contributed by atoms with van der Waals surface area (Å²) in [6.45, 7) is 4.20. The number of methoxy groups -OCH3 is 1. The van der Waals surface area contributed by atoms with Crippen molar-refractivity contribution < 1.29 is 9.53 Å². The fourth-order valence-electron chi connectivity index (χ4n) is 1.84. The first-order valence-corrected chi connectivity index (χ1v) is 9.75. The van der Waals surface area contributed by atoms with Gasteiger partial charge in [0.2, 0.25) is 0 Å². The van der Waals surface area contributed by atoms with Gasteiger partial charge in [0.25, 0.3) is 0 Å². The first-order chi connectivity index (χ1) is 7.21. The van der Waals surface area contributed by atoms with Crippen LogP contribution in [0.15, 0.2) is 30.3 Å². The van der Waals surface area contributed by atoms with E-state index in [0.717, 1.165) is 10.4 Å². The van der Waals surface area contributed by atoms with Crippen molar-refractivity contribution in [2.24, 2.45) is 0 Å². The number of carbonyl (C=O) groups is 1. The molecule has 2 nitrogen and oxygen atoms in total. The summed E-state index contributed by atoms with van der Waals surface area (Å²) in [4.78, 5) is 12.0. The van der Waals surface area contributed by atoms with E-state index in [2.05, 4.69) is 26.0 Å². The molecule has 0 unspecified atom stereocenters. The van der Waals surface area contributed by atoms with Crippen LogP contribution in [0.2, 0.25) is 10.4 Å². The molecule has 0 aliphatic carbocycles. The van der Waals surface area contributed by atoms with Crippen molar-refractivity contribution >= 4 is 22.7 Å². The number of hydrogen-bond donors (Lipinski definition) is 0. The molecular formula is C12H18AsO2. The molecule has 0 spiro atoms. The monoisotopic (exact) mass is 269 g/mol. The molecule has 0 amide bonds. The number of hydrogen-bond acceptors (Lipinski definition) is 2. The molecule has 1 aromatic rings. The minimum absolute atomic E-state index is 0.0318. The zero-order chi connectivity index (χ0) is 11.3. The molecule has 0 atom stereocenters. The zero-order valence-corrected chi connectivity index (χ0v) is 11.4. The standard InChI is InChI=1S/C12H18AsO2/c1-4-13(5-2,12(14)15-3)11-9-7-6-8-10-11/h6-10H,4-5H2,1-3H3. The number of carbonyl (C=O) groups excluding carboxylic acids is 1. The third kappa shape index (κ3) is 2.26. The van der Waals surface area contributed by atoms with Crippen LogP contribution in [0.4, 0.5) is 4.79 Å². The van der Waals surface area contributed by atoms with Crippen LogP contribution >= 0.6 is 0 Å². The van der Waals surface area contributed by atoms with Crippen molar-refractivity contribution in [2.75, 3.05) is 7.11 Å². The Morgan fingerprint density at radius 3 is 2.13 bits per heavy atom. The molecular weight excluding hydrogens is 251 g/mol. The maximum absolute atomic E-state index is 12.0. The quantitative estimate of drug-likeness (QED) is 0.786. The predicted molar refractivity (Wildman–Crippen MR) is 65.2 cm³/mol. The first kappa shape index (κ1) is 12.3. The van der Waals surface area contributed by atoms with E-state index in [1.165, 1.54) is 11.5 Å². The van der Waals surface area contributed by atoms with Crippen LogP contribution in [0.1, 0.15) is 13.8 Å². The van der Waals surface area contributed by atoms with Crippen LogP contribution in [0, 0.1) is 0 Å². The van der Waals surface area contributed by atoms with Gasteiger partial charge >= 0.3 is 93.9 Å². The average molecular weight is 269 g/mol. The van der Waals surface area contributed by atoms with E-state index in [4.69, 9.17) is 4.74 Å². The van der Waals surface area contributed by atoms with Crippen LogP contribution in [-0.2, 0) is 4.74 Å². The summed E-state index contributed by atoms with van der Waals surface area (Å²) in [5, 5.41) is 1.87. The van der Waals surface area contributed by atoms with Gasteiger partial charge in [0, 0.05) is 0 Å². The summed E-state index contributed by atoms with van der Waals surface area (Å²) in [5.41, 5.74) is 0. The number of rotatable bonds is 4. The predicted octanol–water partition coefficient (Wildman–Crippen LogP) is 2.73. The van der Waals surface area contributed by atoms with Gasteiger partial charge in [-0.05, 0) is 0 Å². The van der Waals surface area contributed by atoms with E-state index < -0.39 is 13.6 Å². The summed E-state index contributed by atoms with van der Waals surface area (Å²) < 4.78 is 6.24. The average Bonchev–Trinajstić information content (AvgIpc) is 2.32. The van der Waals surface area contributed by atoms with Crippen molar-refractivity contribution in [2.45, 2.75) is 24.3 Å². The number of benzene rings is 1. The Hall–Kier alpha value is -0.752. The van der Waals surface area contributed by atoms with Gasteiger partial charge in [-0.25, -0.2) is 0 Å². The first-order valence-electron chi connectivity index (χ1n) is 5.22. The Morgan fingerprint density at radius 1 is 1.20 bits per heavy atom. The van der Waals surface area contributed by atoms with E-state index in [-0.39, 0.29) is 4.76 Å². The molecule has 1 radical (unpaired) electrons. The van der Waals surface area contributed by atoms with Gasteiger partial charge in [0.05, 0.1) is 0 Å². The molecule has 0 fully saturated rings. The molecule has 83 valence electrons. The van der Waals surface area contributed by atoms with Crippen LogP contribution in [0.25, 0.3) is 0 Å². The van der Waals surface area contributed by atoms with Crippen LogP contribution in [0.3, 0.4) is 0 Å². The molecule has 0 heterocycles. The van der Waals surface area contributed by atoms with Crippen molar-refractivity contribution in [1.29, 1.82) is 0 Å². The van der Waals surface area contributed by atoms with Gasteiger partial charge in [-0.3, -0.25) is 0 Å². The van der Waals surface area contributed by atoms with Crippen molar-refractivity contribution in [3.8, 4) is 0 Å². The van der Waals surface area contributed by atoms with E-state index in [0.29, 0.717) is 0 Å². The molecule has 0 bridgehead atoms. The Bertz CT molecular complexity index is 318. The van der Waals surface area contributed by atoms with Gasteiger partial charge in [0.1, 0.15) is 0 Å². The fourth-order valence-corrected chi connectivity index (χ4v) is 8.13. The Labute approximate surface area is 94.1 Å². The molecule has 15 heavy (non-hydrogen) atoms. The third-order valence-electron chi connectivity index (χ3n) is 2.85. The molecule has 0 saturated carbocycles. The Kier molecular flexibility index (Phi) is 4.41. The maximum atomic E-state index is 12.0. The van der Waals surface area contributed by atoms with Crippen LogP contribution in [0.5, 0.6) is 0 Å². The summed E-state index contributed by atoms with van der Waals surface area (Å²) in [5.74, 6) is 0. The van der Waals surface area contributed by atoms with Gasteiger partial charge in [-0.15, -0.1) is 0 Å². The van der Waals surface area contributed by atoms with Gasteiger partial charge in [-0.1, -0.05) is 0 Å². The van der Waals surface area contributed by atoms with Gasteiger partial charge < -0.3 is 0 Å². The molecule has 0 aliphatic rings. The van der Waals surface area contributed by atoms with E-state index >= 15 is 0 Å². The zero-order valence-electron chi connectivity index (χ0n) is 9.56. The summed E-state index contributed by atoms with van der Waals surface area (Å²) in [7, 11) is 1.49. The normalized spacial score (nSPS) is 11.1. The van der Waals surface area contributed by atoms with Crippen molar-refractivity contribution in [3.05, 3.63) is 30.3 Å². The molecule has 1 aromatic carbocycles. The van der Waals surface area contributed by atoms with E-state index in [1.54, 1.807) is 0 Å². The molecule has 0 aliphatic heterocycles. The molecule has 0 aromatic heterocycles. The number of ether oxygens (including phenoxy) is 1. The second-order valence-electron chi connectivity index (χ2n) is 3.41. The molecule has 0 saturated heterocycles. The molecule has 1 rings (SSSR count). The van der Waals surface area contributed by atoms with E-state index in [1.807, 2.05) is 18.2 Å². The van der Waals surface area contributed by atoms with Crippen molar-refractivity contribution in [1.82, 2.24) is 0 Å². The van der Waals surface area contributed by atoms with E-state index in [9.17, 15) is 4.79 Å². The SMILES string of the molecule is CC[As](CC)(C(=O)OC)c1ccccc1. The third-order valence-corrected chi connectivity index (χ3v) is 11.9. The van der Waals surface area contributed by atoms with Crippen LogP contribution < -0.4 is 4.35 Å². The molecule has 3 heteroatoms. The van der Waals surface area contributed by atoms with Crippen LogP contribution in [-0.4, -0.2) is 25.4 Å².